The van der Waals surface area contributed by atoms with Crippen molar-refractivity contribution < 1.29 is 14.7 Å². The second-order valence-corrected chi connectivity index (χ2v) is 4.05. The fraction of sp³-hybridized carbons (Fsp3) is 0.182. The number of carboxylic acid groups (broad SMARTS) is 1. The molecule has 1 amide bonds. The lowest BCUT2D eigenvalue weighted by molar-refractivity contribution is -0.137. The first-order valence-corrected chi connectivity index (χ1v) is 5.57. The van der Waals surface area contributed by atoms with Gasteiger partial charge in [-0.15, -0.1) is 6.58 Å². The zero-order valence-electron chi connectivity index (χ0n) is 8.97. The molecule has 0 unspecified atom stereocenters. The average molecular weight is 299 g/mol. The Bertz CT molecular complexity index is 448. The van der Waals surface area contributed by atoms with Crippen molar-refractivity contribution in [3.63, 3.8) is 0 Å². The fourth-order valence-corrected chi connectivity index (χ4v) is 1.62. The van der Waals surface area contributed by atoms with Crippen LogP contribution in [0.15, 0.2) is 35.6 Å². The van der Waals surface area contributed by atoms with Gasteiger partial charge in [-0.3, -0.25) is 9.59 Å². The Balaban J connectivity index is 2.90. The van der Waals surface area contributed by atoms with E-state index in [1.165, 1.54) is 23.2 Å². The normalized spacial score (nSPS) is 9.71. The number of nitrogens with zero attached hydrogens (tertiary/aromatic N) is 2. The van der Waals surface area contributed by atoms with Crippen LogP contribution in [-0.4, -0.2) is 40.0 Å². The third-order valence-corrected chi connectivity index (χ3v) is 2.37. The summed E-state index contributed by atoms with van der Waals surface area (Å²) in [4.78, 5) is 27.7. The van der Waals surface area contributed by atoms with Gasteiger partial charge in [0.25, 0.3) is 5.91 Å². The molecule has 1 aromatic rings. The number of rotatable bonds is 5. The second kappa shape index (κ2) is 6.15. The molecular formula is C11H11BrN2O3. The Morgan fingerprint density at radius 3 is 2.82 bits per heavy atom. The Labute approximate surface area is 107 Å². The third kappa shape index (κ3) is 3.99. The van der Waals surface area contributed by atoms with Crippen LogP contribution in [0.3, 0.4) is 0 Å². The minimum atomic E-state index is -1.06. The van der Waals surface area contributed by atoms with Crippen LogP contribution < -0.4 is 0 Å². The Morgan fingerprint density at radius 1 is 1.59 bits per heavy atom. The molecule has 17 heavy (non-hydrogen) atoms. The molecule has 1 N–H and O–H groups in total. The van der Waals surface area contributed by atoms with Crippen LogP contribution in [0.2, 0.25) is 0 Å². The second-order valence-electron chi connectivity index (χ2n) is 3.24. The molecule has 1 heterocycles. The molecule has 0 fully saturated rings. The summed E-state index contributed by atoms with van der Waals surface area (Å²) in [5, 5.41) is 8.71. The Kier molecular flexibility index (Phi) is 4.84. The van der Waals surface area contributed by atoms with Gasteiger partial charge in [-0.25, -0.2) is 4.98 Å². The van der Waals surface area contributed by atoms with Gasteiger partial charge in [0.1, 0.15) is 11.1 Å². The minimum absolute atomic E-state index is 0.186. The van der Waals surface area contributed by atoms with Crippen molar-refractivity contribution in [2.75, 3.05) is 13.1 Å². The highest BCUT2D eigenvalue weighted by Gasteiger charge is 2.17. The predicted molar refractivity (Wildman–Crippen MR) is 65.7 cm³/mol. The van der Waals surface area contributed by atoms with E-state index < -0.39 is 5.97 Å². The molecule has 0 aliphatic rings. The number of hydrogen-bond acceptors (Lipinski definition) is 3. The van der Waals surface area contributed by atoms with Crippen LogP contribution in [0.25, 0.3) is 0 Å². The van der Waals surface area contributed by atoms with E-state index in [0.717, 1.165) is 0 Å². The number of aliphatic carboxylic acids is 1. The van der Waals surface area contributed by atoms with E-state index in [-0.39, 0.29) is 19.0 Å². The number of carbonyl (C=O) groups is 2. The zero-order chi connectivity index (χ0) is 12.8. The van der Waals surface area contributed by atoms with Gasteiger partial charge in [0.2, 0.25) is 0 Å². The molecule has 0 spiro atoms. The van der Waals surface area contributed by atoms with E-state index >= 15 is 0 Å². The lowest BCUT2D eigenvalue weighted by atomic mass is 10.2. The van der Waals surface area contributed by atoms with E-state index in [0.29, 0.717) is 10.2 Å². The van der Waals surface area contributed by atoms with Gasteiger partial charge in [0.15, 0.2) is 0 Å². The van der Waals surface area contributed by atoms with Crippen molar-refractivity contribution in [3.8, 4) is 0 Å². The molecular weight excluding hydrogens is 288 g/mol. The van der Waals surface area contributed by atoms with Crippen molar-refractivity contribution >= 4 is 27.8 Å². The SMILES string of the molecule is C=CCN(CC(=O)O)C(=O)c1ccnc(Br)c1. The molecule has 0 aromatic carbocycles. The highest BCUT2D eigenvalue weighted by molar-refractivity contribution is 9.10. The summed E-state index contributed by atoms with van der Waals surface area (Å²) in [6.45, 7) is 3.32. The number of amides is 1. The smallest absolute Gasteiger partial charge is 0.323 e. The molecule has 0 bridgehead atoms. The molecule has 0 aliphatic carbocycles. The van der Waals surface area contributed by atoms with Crippen LogP contribution in [0, 0.1) is 0 Å². The first kappa shape index (κ1) is 13.4. The van der Waals surface area contributed by atoms with Crippen molar-refractivity contribution in [1.29, 1.82) is 0 Å². The number of halogens is 1. The summed E-state index contributed by atoms with van der Waals surface area (Å²) in [5.41, 5.74) is 0.384. The summed E-state index contributed by atoms with van der Waals surface area (Å²) in [6, 6.07) is 3.07. The summed E-state index contributed by atoms with van der Waals surface area (Å²) in [5.74, 6) is -1.43. The molecule has 0 atom stereocenters. The summed E-state index contributed by atoms with van der Waals surface area (Å²) >= 11 is 3.15. The molecule has 0 saturated heterocycles. The number of pyridine rings is 1. The molecule has 0 aliphatic heterocycles. The topological polar surface area (TPSA) is 70.5 Å². The molecule has 0 saturated carbocycles. The number of carbonyl (C=O) groups excluding carboxylic acids is 1. The van der Waals surface area contributed by atoms with Gasteiger partial charge in [-0.05, 0) is 28.1 Å². The van der Waals surface area contributed by atoms with Gasteiger partial charge >= 0.3 is 5.97 Å². The zero-order valence-corrected chi connectivity index (χ0v) is 10.6. The van der Waals surface area contributed by atoms with E-state index in [1.54, 1.807) is 6.07 Å². The highest BCUT2D eigenvalue weighted by Crippen LogP contribution is 2.10. The van der Waals surface area contributed by atoms with Crippen molar-refractivity contribution in [2.45, 2.75) is 0 Å². The molecule has 1 rings (SSSR count). The predicted octanol–water partition coefficient (Wildman–Crippen LogP) is 1.56. The third-order valence-electron chi connectivity index (χ3n) is 1.94. The first-order valence-electron chi connectivity index (χ1n) is 4.78. The van der Waals surface area contributed by atoms with E-state index in [4.69, 9.17) is 5.11 Å². The monoisotopic (exact) mass is 298 g/mol. The molecule has 6 heteroatoms. The maximum Gasteiger partial charge on any atom is 0.323 e. The van der Waals surface area contributed by atoms with E-state index in [1.807, 2.05) is 0 Å². The van der Waals surface area contributed by atoms with Crippen LogP contribution in [0.4, 0.5) is 0 Å². The summed E-state index contributed by atoms with van der Waals surface area (Å²) in [6.07, 6.45) is 2.96. The lowest BCUT2D eigenvalue weighted by Crippen LogP contribution is -2.35. The van der Waals surface area contributed by atoms with E-state index in [2.05, 4.69) is 27.5 Å². The Hall–Kier alpha value is -1.69. The maximum absolute atomic E-state index is 12.0. The maximum atomic E-state index is 12.0. The van der Waals surface area contributed by atoms with Crippen LogP contribution in [-0.2, 0) is 4.79 Å². The Morgan fingerprint density at radius 2 is 2.29 bits per heavy atom. The van der Waals surface area contributed by atoms with Crippen molar-refractivity contribution in [2.24, 2.45) is 0 Å². The van der Waals surface area contributed by atoms with Gasteiger partial charge < -0.3 is 10.0 Å². The van der Waals surface area contributed by atoms with Crippen LogP contribution >= 0.6 is 15.9 Å². The van der Waals surface area contributed by atoms with Crippen molar-refractivity contribution in [3.05, 3.63) is 41.2 Å². The lowest BCUT2D eigenvalue weighted by Gasteiger charge is -2.18. The van der Waals surface area contributed by atoms with Gasteiger partial charge in [-0.2, -0.15) is 0 Å². The first-order chi connectivity index (χ1) is 8.04. The summed E-state index contributed by atoms with van der Waals surface area (Å²) in [7, 11) is 0. The number of carboxylic acids is 1. The van der Waals surface area contributed by atoms with E-state index in [9.17, 15) is 9.59 Å². The largest absolute Gasteiger partial charge is 0.480 e. The number of hydrogen-bond donors (Lipinski definition) is 1. The molecule has 90 valence electrons. The van der Waals surface area contributed by atoms with Crippen molar-refractivity contribution in [1.82, 2.24) is 9.88 Å². The van der Waals surface area contributed by atoms with Gasteiger partial charge in [0.05, 0.1) is 0 Å². The summed E-state index contributed by atoms with van der Waals surface area (Å²) < 4.78 is 0.525. The van der Waals surface area contributed by atoms with Gasteiger partial charge in [-0.1, -0.05) is 6.08 Å². The average Bonchev–Trinajstić information content (AvgIpc) is 2.27. The van der Waals surface area contributed by atoms with Crippen LogP contribution in [0.5, 0.6) is 0 Å². The van der Waals surface area contributed by atoms with Crippen LogP contribution in [0.1, 0.15) is 10.4 Å². The molecule has 5 nitrogen and oxygen atoms in total. The fourth-order valence-electron chi connectivity index (χ4n) is 1.26. The molecule has 1 aromatic heterocycles. The standard InChI is InChI=1S/C11H11BrN2O3/c1-2-5-14(7-10(15)16)11(17)8-3-4-13-9(12)6-8/h2-4,6H,1,5,7H2,(H,15,16). The molecule has 0 radical (unpaired) electrons. The number of aromatic nitrogens is 1. The quantitative estimate of drug-likeness (QED) is 0.661. The highest BCUT2D eigenvalue weighted by atomic mass is 79.9. The minimum Gasteiger partial charge on any atom is -0.480 e. The van der Waals surface area contributed by atoms with Gasteiger partial charge in [0, 0.05) is 18.3 Å².